The Kier molecular flexibility index (Phi) is 5.28. The zero-order valence-corrected chi connectivity index (χ0v) is 12.6. The summed E-state index contributed by atoms with van der Waals surface area (Å²) in [4.78, 5) is 15.3. The molecule has 1 aliphatic heterocycles. The van der Waals surface area contributed by atoms with Crippen LogP contribution >= 0.6 is 11.8 Å². The molecule has 3 nitrogen and oxygen atoms in total. The molecule has 1 amide bonds. The van der Waals surface area contributed by atoms with Crippen LogP contribution in [0.3, 0.4) is 0 Å². The van der Waals surface area contributed by atoms with Crippen molar-refractivity contribution in [1.29, 1.82) is 0 Å². The molecule has 104 valence electrons. The summed E-state index contributed by atoms with van der Waals surface area (Å²) in [5.41, 5.74) is 2.54. The number of fused-ring (bicyclic) bond motifs is 1. The molecule has 0 atom stereocenters. The largest absolute Gasteiger partial charge is 0.355 e. The minimum Gasteiger partial charge on any atom is -0.355 e. The molecule has 1 aromatic rings. The molecule has 19 heavy (non-hydrogen) atoms. The van der Waals surface area contributed by atoms with Crippen LogP contribution in [0.4, 0.5) is 0 Å². The minimum atomic E-state index is 0.116. The zero-order valence-electron chi connectivity index (χ0n) is 11.7. The molecule has 0 unspecified atom stereocenters. The van der Waals surface area contributed by atoms with Crippen molar-refractivity contribution < 1.29 is 4.79 Å². The quantitative estimate of drug-likeness (QED) is 0.893. The first-order chi connectivity index (χ1) is 9.15. The maximum Gasteiger partial charge on any atom is 0.224 e. The standard InChI is InChI=1S/C15H22N2OS/c1-17(2)8-7-16-15(18)11-12-5-6-14-13(10-12)4-3-9-19-14/h5-6,10H,3-4,7-9,11H2,1-2H3,(H,16,18). The second-order valence-electron chi connectivity index (χ2n) is 5.22. The molecule has 0 spiro atoms. The second kappa shape index (κ2) is 6.96. The van der Waals surface area contributed by atoms with Crippen molar-refractivity contribution in [2.24, 2.45) is 0 Å². The first-order valence-electron chi connectivity index (χ1n) is 6.81. The van der Waals surface area contributed by atoms with Crippen molar-refractivity contribution in [2.75, 3.05) is 32.9 Å². The van der Waals surface area contributed by atoms with E-state index >= 15 is 0 Å². The lowest BCUT2D eigenvalue weighted by Crippen LogP contribution is -2.32. The fraction of sp³-hybridized carbons (Fsp3) is 0.533. The molecule has 1 aromatic carbocycles. The van der Waals surface area contributed by atoms with Gasteiger partial charge in [-0.1, -0.05) is 12.1 Å². The average molecular weight is 278 g/mol. The third kappa shape index (κ3) is 4.55. The molecule has 0 saturated heterocycles. The Morgan fingerprint density at radius 1 is 1.42 bits per heavy atom. The molecule has 0 aliphatic carbocycles. The van der Waals surface area contributed by atoms with Gasteiger partial charge >= 0.3 is 0 Å². The smallest absolute Gasteiger partial charge is 0.224 e. The number of nitrogens with zero attached hydrogens (tertiary/aromatic N) is 1. The van der Waals surface area contributed by atoms with Crippen LogP contribution in [0.25, 0.3) is 0 Å². The van der Waals surface area contributed by atoms with Gasteiger partial charge in [-0.3, -0.25) is 4.79 Å². The first kappa shape index (κ1) is 14.4. The van der Waals surface area contributed by atoms with Crippen molar-refractivity contribution in [3.05, 3.63) is 29.3 Å². The number of benzene rings is 1. The Hall–Kier alpha value is -1.00. The summed E-state index contributed by atoms with van der Waals surface area (Å²) in [7, 11) is 4.01. The van der Waals surface area contributed by atoms with Crippen LogP contribution < -0.4 is 5.32 Å². The van der Waals surface area contributed by atoms with Gasteiger partial charge in [-0.2, -0.15) is 0 Å². The van der Waals surface area contributed by atoms with Crippen molar-refractivity contribution >= 4 is 17.7 Å². The van der Waals surface area contributed by atoms with E-state index in [2.05, 4.69) is 28.4 Å². The molecule has 0 aromatic heterocycles. The van der Waals surface area contributed by atoms with Gasteiger partial charge in [0.1, 0.15) is 0 Å². The van der Waals surface area contributed by atoms with Gasteiger partial charge in [0.05, 0.1) is 6.42 Å². The van der Waals surface area contributed by atoms with E-state index in [0.717, 1.165) is 18.5 Å². The molecule has 4 heteroatoms. The summed E-state index contributed by atoms with van der Waals surface area (Å²) in [5, 5.41) is 2.96. The Balaban J connectivity index is 1.86. The first-order valence-corrected chi connectivity index (χ1v) is 7.80. The SMILES string of the molecule is CN(C)CCNC(=O)Cc1ccc2c(c1)CCCS2. The van der Waals surface area contributed by atoms with Crippen LogP contribution in [0.2, 0.25) is 0 Å². The van der Waals surface area contributed by atoms with Gasteiger partial charge in [-0.25, -0.2) is 0 Å². The molecule has 1 N–H and O–H groups in total. The third-order valence-electron chi connectivity index (χ3n) is 3.22. The van der Waals surface area contributed by atoms with Crippen LogP contribution in [-0.4, -0.2) is 43.7 Å². The monoisotopic (exact) mass is 278 g/mol. The van der Waals surface area contributed by atoms with Crippen LogP contribution in [0.5, 0.6) is 0 Å². The molecule has 0 fully saturated rings. The molecule has 0 saturated carbocycles. The molecule has 1 aliphatic rings. The molecular weight excluding hydrogens is 256 g/mol. The second-order valence-corrected chi connectivity index (χ2v) is 6.36. The summed E-state index contributed by atoms with van der Waals surface area (Å²) in [6, 6.07) is 6.46. The number of rotatable bonds is 5. The van der Waals surface area contributed by atoms with E-state index in [1.165, 1.54) is 22.6 Å². The number of amides is 1. The topological polar surface area (TPSA) is 32.3 Å². The molecule has 0 bridgehead atoms. The highest BCUT2D eigenvalue weighted by Gasteiger charge is 2.11. The summed E-state index contributed by atoms with van der Waals surface area (Å²) in [6.45, 7) is 1.60. The van der Waals surface area contributed by atoms with Gasteiger partial charge in [0.25, 0.3) is 0 Å². The number of hydrogen-bond acceptors (Lipinski definition) is 3. The van der Waals surface area contributed by atoms with E-state index in [-0.39, 0.29) is 5.91 Å². The van der Waals surface area contributed by atoms with Gasteiger partial charge in [0, 0.05) is 18.0 Å². The number of thioether (sulfide) groups is 1. The number of carbonyl (C=O) groups excluding carboxylic acids is 1. The highest BCUT2D eigenvalue weighted by atomic mass is 32.2. The van der Waals surface area contributed by atoms with E-state index in [1.54, 1.807) is 0 Å². The van der Waals surface area contributed by atoms with Gasteiger partial charge in [0.2, 0.25) is 5.91 Å². The lowest BCUT2D eigenvalue weighted by Gasteiger charge is -2.16. The predicted molar refractivity (Wildman–Crippen MR) is 80.8 cm³/mol. The number of carbonyl (C=O) groups is 1. The Morgan fingerprint density at radius 3 is 3.05 bits per heavy atom. The third-order valence-corrected chi connectivity index (χ3v) is 4.42. The summed E-state index contributed by atoms with van der Waals surface area (Å²) >= 11 is 1.93. The van der Waals surface area contributed by atoms with Crippen LogP contribution in [0.15, 0.2) is 23.1 Å². The number of nitrogens with one attached hydrogen (secondary N) is 1. The number of aryl methyl sites for hydroxylation is 1. The van der Waals surface area contributed by atoms with E-state index in [1.807, 2.05) is 25.9 Å². The van der Waals surface area contributed by atoms with E-state index in [0.29, 0.717) is 13.0 Å². The summed E-state index contributed by atoms with van der Waals surface area (Å²) in [6.07, 6.45) is 2.89. The molecule has 0 radical (unpaired) electrons. The highest BCUT2D eigenvalue weighted by molar-refractivity contribution is 7.99. The van der Waals surface area contributed by atoms with E-state index < -0.39 is 0 Å². The lowest BCUT2D eigenvalue weighted by atomic mass is 10.0. The minimum absolute atomic E-state index is 0.116. The van der Waals surface area contributed by atoms with Gasteiger partial charge < -0.3 is 10.2 Å². The number of likely N-dealkylation sites (N-methyl/N-ethyl adjacent to an activating group) is 1. The number of hydrogen-bond donors (Lipinski definition) is 1. The molecule has 1 heterocycles. The fourth-order valence-corrected chi connectivity index (χ4v) is 3.21. The van der Waals surface area contributed by atoms with Crippen molar-refractivity contribution in [3.8, 4) is 0 Å². The zero-order chi connectivity index (χ0) is 13.7. The Morgan fingerprint density at radius 2 is 2.26 bits per heavy atom. The Bertz CT molecular complexity index is 446. The van der Waals surface area contributed by atoms with Crippen molar-refractivity contribution in [2.45, 2.75) is 24.2 Å². The maximum atomic E-state index is 11.8. The van der Waals surface area contributed by atoms with Gasteiger partial charge in [0.15, 0.2) is 0 Å². The van der Waals surface area contributed by atoms with Gasteiger partial charge in [-0.05, 0) is 49.9 Å². The van der Waals surface area contributed by atoms with Crippen molar-refractivity contribution in [3.63, 3.8) is 0 Å². The van der Waals surface area contributed by atoms with Gasteiger partial charge in [-0.15, -0.1) is 11.8 Å². The fourth-order valence-electron chi connectivity index (χ4n) is 2.19. The van der Waals surface area contributed by atoms with Crippen LogP contribution in [0, 0.1) is 0 Å². The molecule has 2 rings (SSSR count). The van der Waals surface area contributed by atoms with E-state index in [4.69, 9.17) is 0 Å². The maximum absolute atomic E-state index is 11.8. The Labute approximate surface area is 119 Å². The molecular formula is C15H22N2OS. The normalized spacial score (nSPS) is 14.3. The van der Waals surface area contributed by atoms with E-state index in [9.17, 15) is 4.79 Å². The van der Waals surface area contributed by atoms with Crippen LogP contribution in [-0.2, 0) is 17.6 Å². The lowest BCUT2D eigenvalue weighted by molar-refractivity contribution is -0.120. The predicted octanol–water partition coefficient (Wildman–Crippen LogP) is 1.95. The van der Waals surface area contributed by atoms with Crippen molar-refractivity contribution in [1.82, 2.24) is 10.2 Å². The highest BCUT2D eigenvalue weighted by Crippen LogP contribution is 2.30. The summed E-state index contributed by atoms with van der Waals surface area (Å²) < 4.78 is 0. The van der Waals surface area contributed by atoms with Crippen LogP contribution in [0.1, 0.15) is 17.5 Å². The average Bonchev–Trinajstić information content (AvgIpc) is 2.38. The summed E-state index contributed by atoms with van der Waals surface area (Å²) in [5.74, 6) is 1.34.